The zero-order valence-electron chi connectivity index (χ0n) is 5.69. The molecular weight excluding hydrogens is 165 g/mol. The van der Waals surface area contributed by atoms with Gasteiger partial charge in [0.2, 0.25) is 0 Å². The Labute approximate surface area is 66.2 Å². The molecule has 0 saturated heterocycles. The molecule has 0 fully saturated rings. The summed E-state index contributed by atoms with van der Waals surface area (Å²) in [6, 6.07) is 2.58. The van der Waals surface area contributed by atoms with Crippen molar-refractivity contribution in [2.75, 3.05) is 0 Å². The summed E-state index contributed by atoms with van der Waals surface area (Å²) < 4.78 is 12.6. The third-order valence-electron chi connectivity index (χ3n) is 1.18. The van der Waals surface area contributed by atoms with Crippen LogP contribution in [0.2, 0.25) is 0 Å². The minimum atomic E-state index is -1.24. The number of rotatable bonds is 1. The molecule has 0 radical (unpaired) electrons. The summed E-state index contributed by atoms with van der Waals surface area (Å²) in [4.78, 5) is 12.3. The summed E-state index contributed by atoms with van der Waals surface area (Å²) >= 11 is 0. The Morgan fingerprint density at radius 3 is 2.83 bits per heavy atom. The van der Waals surface area contributed by atoms with Gasteiger partial charge in [0.15, 0.2) is 0 Å². The minimum absolute atomic E-state index is 0.326. The Balaban J connectivity index is 3.42. The maximum Gasteiger partial charge on any atom is 0.341 e. The number of hydrogen-bond donors (Lipinski definition) is 0. The highest BCUT2D eigenvalue weighted by atomic mass is 19.1. The third-order valence-corrected chi connectivity index (χ3v) is 1.18. The molecular formula is C6H2FN3O2. The molecule has 0 spiro atoms. The molecule has 0 aliphatic rings. The van der Waals surface area contributed by atoms with Gasteiger partial charge in [-0.05, 0) is 6.07 Å². The molecule has 0 amide bonds. The van der Waals surface area contributed by atoms with Crippen molar-refractivity contribution < 1.29 is 9.31 Å². The number of halogens is 1. The Morgan fingerprint density at radius 2 is 2.42 bits per heavy atom. The van der Waals surface area contributed by atoms with E-state index in [2.05, 4.69) is 4.98 Å². The van der Waals surface area contributed by atoms with Gasteiger partial charge in [-0.3, -0.25) is 10.1 Å². The van der Waals surface area contributed by atoms with E-state index in [1.54, 1.807) is 0 Å². The molecule has 1 rings (SSSR count). The van der Waals surface area contributed by atoms with Crippen LogP contribution in [-0.4, -0.2) is 9.91 Å². The highest BCUT2D eigenvalue weighted by Gasteiger charge is 2.20. The molecule has 0 N–H and O–H groups in total. The van der Waals surface area contributed by atoms with Crippen LogP contribution in [0.25, 0.3) is 0 Å². The molecule has 0 aliphatic carbocycles. The molecule has 0 unspecified atom stereocenters. The number of aromatic nitrogens is 1. The standard InChI is InChI=1S/C6H2FN3O2/c7-6-5(10(11)12)4(3-8)1-2-9-6/h1-2H. The van der Waals surface area contributed by atoms with Gasteiger partial charge >= 0.3 is 5.69 Å². The second-order valence-corrected chi connectivity index (χ2v) is 1.87. The Morgan fingerprint density at radius 1 is 1.75 bits per heavy atom. The lowest BCUT2D eigenvalue weighted by molar-refractivity contribution is -0.388. The van der Waals surface area contributed by atoms with Crippen molar-refractivity contribution in [2.45, 2.75) is 0 Å². The van der Waals surface area contributed by atoms with E-state index in [1.807, 2.05) is 0 Å². The van der Waals surface area contributed by atoms with Crippen molar-refractivity contribution in [1.82, 2.24) is 4.98 Å². The fourth-order valence-electron chi connectivity index (χ4n) is 0.692. The first-order chi connectivity index (χ1) is 5.66. The van der Waals surface area contributed by atoms with Crippen molar-refractivity contribution in [3.05, 3.63) is 33.9 Å². The lowest BCUT2D eigenvalue weighted by Crippen LogP contribution is -1.97. The Bertz CT molecular complexity index is 372. The first-order valence-corrected chi connectivity index (χ1v) is 2.86. The van der Waals surface area contributed by atoms with Crippen molar-refractivity contribution in [3.8, 4) is 6.07 Å². The first-order valence-electron chi connectivity index (χ1n) is 2.86. The van der Waals surface area contributed by atoms with Gasteiger partial charge in [0.05, 0.1) is 4.92 Å². The molecule has 0 aliphatic heterocycles. The SMILES string of the molecule is N#Cc1ccnc(F)c1[N+](=O)[O-]. The summed E-state index contributed by atoms with van der Waals surface area (Å²) in [7, 11) is 0. The molecule has 1 heterocycles. The smallest absolute Gasteiger partial charge is 0.258 e. The first kappa shape index (κ1) is 8.07. The van der Waals surface area contributed by atoms with E-state index in [1.165, 1.54) is 6.07 Å². The number of nitriles is 1. The normalized spacial score (nSPS) is 9.00. The molecule has 60 valence electrons. The van der Waals surface area contributed by atoms with E-state index in [9.17, 15) is 14.5 Å². The summed E-state index contributed by atoms with van der Waals surface area (Å²) in [5, 5.41) is 18.5. The minimum Gasteiger partial charge on any atom is -0.258 e. The number of pyridine rings is 1. The van der Waals surface area contributed by atoms with Crippen LogP contribution in [0, 0.1) is 27.4 Å². The Hall–Kier alpha value is -2.03. The fourth-order valence-corrected chi connectivity index (χ4v) is 0.692. The molecule has 6 heteroatoms. The number of nitrogens with zero attached hydrogens (tertiary/aromatic N) is 3. The largest absolute Gasteiger partial charge is 0.341 e. The highest BCUT2D eigenvalue weighted by Crippen LogP contribution is 2.18. The lowest BCUT2D eigenvalue weighted by atomic mass is 10.2. The summed E-state index contributed by atoms with van der Waals surface area (Å²) in [5.41, 5.74) is -1.20. The molecule has 0 saturated carbocycles. The Kier molecular flexibility index (Phi) is 1.96. The van der Waals surface area contributed by atoms with Crippen molar-refractivity contribution in [3.63, 3.8) is 0 Å². The molecule has 1 aromatic heterocycles. The zero-order valence-corrected chi connectivity index (χ0v) is 5.69. The van der Waals surface area contributed by atoms with Gasteiger partial charge in [-0.2, -0.15) is 9.65 Å². The van der Waals surface area contributed by atoms with Gasteiger partial charge in [-0.15, -0.1) is 0 Å². The van der Waals surface area contributed by atoms with Crippen LogP contribution >= 0.6 is 0 Å². The molecule has 0 aromatic carbocycles. The van der Waals surface area contributed by atoms with Crippen LogP contribution < -0.4 is 0 Å². The molecule has 0 bridgehead atoms. The average Bonchev–Trinajstić information content (AvgIpc) is 2.03. The van der Waals surface area contributed by atoms with Crippen molar-refractivity contribution in [1.29, 1.82) is 5.26 Å². The molecule has 5 nitrogen and oxygen atoms in total. The second-order valence-electron chi connectivity index (χ2n) is 1.87. The van der Waals surface area contributed by atoms with E-state index in [-0.39, 0.29) is 5.56 Å². The van der Waals surface area contributed by atoms with Gasteiger partial charge < -0.3 is 0 Å². The second kappa shape index (κ2) is 2.92. The fraction of sp³-hybridized carbons (Fsp3) is 0. The highest BCUT2D eigenvalue weighted by molar-refractivity contribution is 5.46. The van der Waals surface area contributed by atoms with E-state index in [0.717, 1.165) is 12.3 Å². The van der Waals surface area contributed by atoms with Crippen LogP contribution in [0.15, 0.2) is 12.3 Å². The zero-order chi connectivity index (χ0) is 9.14. The predicted octanol–water partition coefficient (Wildman–Crippen LogP) is 1.00. The summed E-state index contributed by atoms with van der Waals surface area (Å²) in [6.45, 7) is 0. The average molecular weight is 167 g/mol. The van der Waals surface area contributed by atoms with Crippen molar-refractivity contribution >= 4 is 5.69 Å². The van der Waals surface area contributed by atoms with Gasteiger partial charge in [-0.1, -0.05) is 0 Å². The number of nitro groups is 1. The van der Waals surface area contributed by atoms with E-state index >= 15 is 0 Å². The van der Waals surface area contributed by atoms with Gasteiger partial charge in [-0.25, -0.2) is 4.98 Å². The van der Waals surface area contributed by atoms with Crippen molar-refractivity contribution in [2.24, 2.45) is 0 Å². The van der Waals surface area contributed by atoms with Crippen LogP contribution in [-0.2, 0) is 0 Å². The van der Waals surface area contributed by atoms with Crippen LogP contribution in [0.3, 0.4) is 0 Å². The van der Waals surface area contributed by atoms with E-state index in [0.29, 0.717) is 0 Å². The topological polar surface area (TPSA) is 79.8 Å². The quantitative estimate of drug-likeness (QED) is 0.355. The third kappa shape index (κ3) is 1.20. The number of hydrogen-bond acceptors (Lipinski definition) is 4. The molecule has 12 heavy (non-hydrogen) atoms. The van der Waals surface area contributed by atoms with Crippen LogP contribution in [0.5, 0.6) is 0 Å². The van der Waals surface area contributed by atoms with Gasteiger partial charge in [0.1, 0.15) is 11.6 Å². The van der Waals surface area contributed by atoms with Crippen LogP contribution in [0.4, 0.5) is 10.1 Å². The lowest BCUT2D eigenvalue weighted by Gasteiger charge is -1.92. The van der Waals surface area contributed by atoms with E-state index < -0.39 is 16.6 Å². The predicted molar refractivity (Wildman–Crippen MR) is 35.6 cm³/mol. The van der Waals surface area contributed by atoms with Gasteiger partial charge in [0, 0.05) is 6.20 Å². The summed E-state index contributed by atoms with van der Waals surface area (Å²) in [5.74, 6) is -1.24. The monoisotopic (exact) mass is 167 g/mol. The maximum absolute atomic E-state index is 12.6. The molecule has 1 aromatic rings. The van der Waals surface area contributed by atoms with E-state index in [4.69, 9.17) is 5.26 Å². The van der Waals surface area contributed by atoms with Gasteiger partial charge in [0.25, 0.3) is 5.95 Å². The molecule has 0 atom stereocenters. The summed E-state index contributed by atoms with van der Waals surface area (Å²) in [6.07, 6.45) is 1.00. The van der Waals surface area contributed by atoms with Crippen LogP contribution in [0.1, 0.15) is 5.56 Å². The maximum atomic E-state index is 12.6.